The second-order valence-corrected chi connectivity index (χ2v) is 10.4. The number of rotatable bonds is 11. The topological polar surface area (TPSA) is 95.3 Å². The number of allylic oxidation sites excluding steroid dienone is 1. The van der Waals surface area contributed by atoms with E-state index in [-0.39, 0.29) is 23.8 Å². The molecule has 0 atom stereocenters. The van der Waals surface area contributed by atoms with Crippen LogP contribution in [0.25, 0.3) is 11.1 Å². The lowest BCUT2D eigenvalue weighted by atomic mass is 10.0. The molecular weight excluding hydrogens is 567 g/mol. The summed E-state index contributed by atoms with van der Waals surface area (Å²) in [7, 11) is 1.30. The largest absolute Gasteiger partial charge is 0.484 e. The van der Waals surface area contributed by atoms with E-state index < -0.39 is 5.97 Å². The summed E-state index contributed by atoms with van der Waals surface area (Å²) in [5.41, 5.74) is 1.72. The van der Waals surface area contributed by atoms with Crippen molar-refractivity contribution >= 4 is 63.2 Å². The van der Waals surface area contributed by atoms with Crippen LogP contribution in [0.2, 0.25) is 10.0 Å². The number of anilines is 1. The van der Waals surface area contributed by atoms with Gasteiger partial charge in [0, 0.05) is 22.5 Å². The van der Waals surface area contributed by atoms with Crippen molar-refractivity contribution in [3.8, 4) is 16.9 Å². The van der Waals surface area contributed by atoms with Gasteiger partial charge in [0.2, 0.25) is 5.91 Å². The molecule has 4 aromatic rings. The molecule has 0 unspecified atom stereocenters. The number of aromatic nitrogens is 3. The van der Waals surface area contributed by atoms with Gasteiger partial charge in [-0.1, -0.05) is 65.3 Å². The molecule has 2 aromatic heterocycles. The van der Waals surface area contributed by atoms with Crippen molar-refractivity contribution < 1.29 is 19.1 Å². The number of nitrogens with one attached hydrogen (secondary N) is 1. The molecule has 2 aromatic carbocycles. The highest BCUT2D eigenvalue weighted by molar-refractivity contribution is 7.99. The van der Waals surface area contributed by atoms with Gasteiger partial charge in [-0.05, 0) is 29.8 Å². The Morgan fingerprint density at radius 1 is 1.16 bits per heavy atom. The molecule has 0 aliphatic carbocycles. The highest BCUT2D eigenvalue weighted by Gasteiger charge is 2.23. The number of ether oxygens (including phenoxy) is 2. The lowest BCUT2D eigenvalue weighted by Crippen LogP contribution is -2.16. The maximum Gasteiger partial charge on any atom is 0.341 e. The number of para-hydroxylation sites is 1. The first-order chi connectivity index (χ1) is 18.4. The first-order valence-corrected chi connectivity index (χ1v) is 13.8. The van der Waals surface area contributed by atoms with E-state index in [0.717, 1.165) is 5.56 Å². The molecule has 0 aliphatic rings. The molecule has 0 saturated heterocycles. The van der Waals surface area contributed by atoms with E-state index in [0.29, 0.717) is 43.9 Å². The minimum atomic E-state index is -0.548. The summed E-state index contributed by atoms with van der Waals surface area (Å²) in [6, 6.07) is 14.2. The Labute approximate surface area is 237 Å². The molecular formula is C26H22Cl2N4O4S2. The fraction of sp³-hybridized carbons (Fsp3) is 0.154. The van der Waals surface area contributed by atoms with E-state index in [1.807, 2.05) is 16.7 Å². The number of thiophene rings is 1. The minimum Gasteiger partial charge on any atom is -0.484 e. The third kappa shape index (κ3) is 6.57. The van der Waals surface area contributed by atoms with Gasteiger partial charge in [-0.2, -0.15) is 0 Å². The van der Waals surface area contributed by atoms with Gasteiger partial charge in [-0.25, -0.2) is 4.79 Å². The van der Waals surface area contributed by atoms with Gasteiger partial charge in [0.05, 0.1) is 17.9 Å². The molecule has 12 heteroatoms. The Balaban J connectivity index is 1.45. The summed E-state index contributed by atoms with van der Waals surface area (Å²) in [6.07, 6.45) is 1.71. The zero-order chi connectivity index (χ0) is 27.1. The predicted octanol–water partition coefficient (Wildman–Crippen LogP) is 6.60. The van der Waals surface area contributed by atoms with Crippen molar-refractivity contribution in [1.29, 1.82) is 0 Å². The maximum atomic E-state index is 12.9. The average Bonchev–Trinajstić information content (AvgIpc) is 3.51. The molecule has 4 rings (SSSR count). The molecule has 0 aliphatic heterocycles. The molecule has 0 bridgehead atoms. The van der Waals surface area contributed by atoms with Crippen LogP contribution in [0.15, 0.2) is 71.7 Å². The highest BCUT2D eigenvalue weighted by Crippen LogP contribution is 2.37. The Kier molecular flexibility index (Phi) is 9.46. The number of halogens is 2. The van der Waals surface area contributed by atoms with Gasteiger partial charge < -0.3 is 14.8 Å². The van der Waals surface area contributed by atoms with Gasteiger partial charge in [0.15, 0.2) is 11.0 Å². The molecule has 0 saturated carbocycles. The van der Waals surface area contributed by atoms with E-state index in [2.05, 4.69) is 22.1 Å². The van der Waals surface area contributed by atoms with E-state index in [9.17, 15) is 9.59 Å². The van der Waals surface area contributed by atoms with Gasteiger partial charge in [-0.3, -0.25) is 9.36 Å². The number of hydrogen-bond acceptors (Lipinski definition) is 8. The van der Waals surface area contributed by atoms with Crippen LogP contribution in [0.3, 0.4) is 0 Å². The molecule has 8 nitrogen and oxygen atoms in total. The van der Waals surface area contributed by atoms with Crippen LogP contribution in [0, 0.1) is 0 Å². The van der Waals surface area contributed by atoms with Crippen molar-refractivity contribution in [2.24, 2.45) is 0 Å². The van der Waals surface area contributed by atoms with Crippen LogP contribution in [-0.2, 0) is 22.7 Å². The second kappa shape index (κ2) is 13.0. The van der Waals surface area contributed by atoms with Crippen LogP contribution in [-0.4, -0.2) is 39.5 Å². The van der Waals surface area contributed by atoms with Crippen LogP contribution in [0.1, 0.15) is 16.2 Å². The zero-order valence-electron chi connectivity index (χ0n) is 20.1. The predicted molar refractivity (Wildman–Crippen MR) is 151 cm³/mol. The molecule has 38 heavy (non-hydrogen) atoms. The summed E-state index contributed by atoms with van der Waals surface area (Å²) in [4.78, 5) is 25.4. The monoisotopic (exact) mass is 588 g/mol. The van der Waals surface area contributed by atoms with Crippen molar-refractivity contribution in [3.63, 3.8) is 0 Å². The molecule has 0 spiro atoms. The number of amides is 1. The normalized spacial score (nSPS) is 10.7. The Hall–Kier alpha value is -3.31. The van der Waals surface area contributed by atoms with Gasteiger partial charge >= 0.3 is 5.97 Å². The van der Waals surface area contributed by atoms with Crippen LogP contribution < -0.4 is 10.1 Å². The van der Waals surface area contributed by atoms with Crippen molar-refractivity contribution in [2.45, 2.75) is 18.3 Å². The van der Waals surface area contributed by atoms with Crippen LogP contribution in [0.5, 0.6) is 5.75 Å². The van der Waals surface area contributed by atoms with E-state index in [1.54, 1.807) is 47.9 Å². The molecule has 1 N–H and O–H groups in total. The number of hydrogen-bond donors (Lipinski definition) is 1. The molecule has 196 valence electrons. The molecule has 0 radical (unpaired) electrons. The number of carbonyl (C=O) groups excluding carboxylic acids is 2. The Morgan fingerprint density at radius 2 is 1.92 bits per heavy atom. The first kappa shape index (κ1) is 27.7. The maximum absolute atomic E-state index is 12.9. The third-order valence-electron chi connectivity index (χ3n) is 5.22. The fourth-order valence-electron chi connectivity index (χ4n) is 3.44. The second-order valence-electron chi connectivity index (χ2n) is 7.71. The quantitative estimate of drug-likeness (QED) is 0.120. The summed E-state index contributed by atoms with van der Waals surface area (Å²) >= 11 is 14.6. The van der Waals surface area contributed by atoms with E-state index in [4.69, 9.17) is 32.7 Å². The van der Waals surface area contributed by atoms with Crippen molar-refractivity contribution in [1.82, 2.24) is 14.8 Å². The number of esters is 1. The third-order valence-corrected chi connectivity index (χ3v) is 7.65. The van der Waals surface area contributed by atoms with E-state index in [1.165, 1.54) is 30.2 Å². The van der Waals surface area contributed by atoms with Crippen LogP contribution in [0.4, 0.5) is 5.00 Å². The Bertz CT molecular complexity index is 1450. The van der Waals surface area contributed by atoms with Crippen LogP contribution >= 0.6 is 46.3 Å². The molecule has 1 amide bonds. The number of thioether (sulfide) groups is 1. The van der Waals surface area contributed by atoms with Crippen molar-refractivity contribution in [3.05, 3.63) is 88.0 Å². The lowest BCUT2D eigenvalue weighted by Gasteiger charge is -2.10. The standard InChI is InChI=1S/C26H22Cl2N4O4S2/c1-3-12-32-21(13-36-20-7-5-4-6-19(20)28)30-31-26(32)38-15-22(33)29-24-23(25(34)35-2)18(14-37-24)16-8-10-17(27)11-9-16/h3-11,14H,1,12-13,15H2,2H3,(H,29,33). The van der Waals surface area contributed by atoms with E-state index >= 15 is 0 Å². The summed E-state index contributed by atoms with van der Waals surface area (Å²) < 4.78 is 12.6. The molecule has 2 heterocycles. The Morgan fingerprint density at radius 3 is 2.63 bits per heavy atom. The summed E-state index contributed by atoms with van der Waals surface area (Å²) in [5, 5.41) is 15.0. The summed E-state index contributed by atoms with van der Waals surface area (Å²) in [5.74, 6) is 0.271. The molecule has 0 fully saturated rings. The minimum absolute atomic E-state index is 0.0371. The highest BCUT2D eigenvalue weighted by atomic mass is 35.5. The van der Waals surface area contributed by atoms with Gasteiger partial charge in [0.25, 0.3) is 0 Å². The fourth-order valence-corrected chi connectivity index (χ4v) is 5.49. The zero-order valence-corrected chi connectivity index (χ0v) is 23.3. The first-order valence-electron chi connectivity index (χ1n) is 11.2. The van der Waals surface area contributed by atoms with Crippen molar-refractivity contribution in [2.75, 3.05) is 18.2 Å². The van der Waals surface area contributed by atoms with Gasteiger partial charge in [-0.15, -0.1) is 28.1 Å². The number of benzene rings is 2. The SMILES string of the molecule is C=CCn1c(COc2ccccc2Cl)nnc1SCC(=O)Nc1scc(-c2ccc(Cl)cc2)c1C(=O)OC. The lowest BCUT2D eigenvalue weighted by molar-refractivity contribution is -0.113. The smallest absolute Gasteiger partial charge is 0.341 e. The average molecular weight is 590 g/mol. The van der Waals surface area contributed by atoms with Gasteiger partial charge in [0.1, 0.15) is 22.9 Å². The number of methoxy groups -OCH3 is 1. The number of nitrogens with zero attached hydrogens (tertiary/aromatic N) is 3. The number of carbonyl (C=O) groups is 2. The summed E-state index contributed by atoms with van der Waals surface area (Å²) in [6.45, 7) is 4.36.